The van der Waals surface area contributed by atoms with Gasteiger partial charge in [0.15, 0.2) is 17.5 Å². The minimum Gasteiger partial charge on any atom is -0.507 e. The third kappa shape index (κ3) is 7.69. The van der Waals surface area contributed by atoms with Crippen LogP contribution < -0.4 is 4.74 Å². The fraction of sp³-hybridized carbons (Fsp3) is 0.353. The summed E-state index contributed by atoms with van der Waals surface area (Å²) in [4.78, 5) is 26.3. The van der Waals surface area contributed by atoms with Crippen molar-refractivity contribution in [1.29, 1.82) is 0 Å². The quantitative estimate of drug-likeness (QED) is 0.161. The van der Waals surface area contributed by atoms with Crippen molar-refractivity contribution in [2.24, 2.45) is 5.92 Å². The molecule has 1 saturated carbocycles. The van der Waals surface area contributed by atoms with E-state index in [2.05, 4.69) is 0 Å². The van der Waals surface area contributed by atoms with Crippen LogP contribution in [0.2, 0.25) is 0 Å². The van der Waals surface area contributed by atoms with E-state index in [9.17, 15) is 9.90 Å². The van der Waals surface area contributed by atoms with Crippen LogP contribution in [0.1, 0.15) is 56.1 Å². The fourth-order valence-corrected chi connectivity index (χ4v) is 5.14. The molecule has 0 spiro atoms. The normalized spacial score (nSPS) is 13.6. The van der Waals surface area contributed by atoms with Crippen molar-refractivity contribution in [1.82, 2.24) is 15.0 Å². The van der Waals surface area contributed by atoms with Crippen LogP contribution in [-0.4, -0.2) is 39.2 Å². The zero-order valence-electron chi connectivity index (χ0n) is 23.8. The fourth-order valence-electron chi connectivity index (χ4n) is 5.14. The number of aromatic nitrogens is 3. The topological polar surface area (TPSA) is 94.4 Å². The molecule has 1 N–H and O–H groups in total. The summed E-state index contributed by atoms with van der Waals surface area (Å²) in [5.41, 5.74) is 4.48. The van der Waals surface area contributed by atoms with Crippen LogP contribution in [0, 0.1) is 19.8 Å². The SMILES string of the molecule is Cc1ccc(-c2nc(-c3ccc(C)cc3)nc(-c3ccc(OCCOC(=O)CCC4CCCCC4)cc3O)n2)cc1. The van der Waals surface area contributed by atoms with Gasteiger partial charge in [0, 0.05) is 23.6 Å². The standard InChI is InChI=1S/C34H37N3O4/c1-23-8-13-26(14-9-23)32-35-33(27-15-10-24(2)11-16-27)37-34(36-32)29-18-17-28(22-30(29)38)40-20-21-41-31(39)19-12-25-6-4-3-5-7-25/h8-11,13-18,22,25,38H,3-7,12,19-21H2,1-2H3. The molecule has 0 amide bonds. The zero-order valence-corrected chi connectivity index (χ0v) is 23.8. The third-order valence-electron chi connectivity index (χ3n) is 7.56. The molecule has 1 fully saturated rings. The third-order valence-corrected chi connectivity index (χ3v) is 7.56. The van der Waals surface area contributed by atoms with E-state index in [1.165, 1.54) is 38.2 Å². The summed E-state index contributed by atoms with van der Waals surface area (Å²) >= 11 is 0. The predicted molar refractivity (Wildman–Crippen MR) is 160 cm³/mol. The van der Waals surface area contributed by atoms with E-state index >= 15 is 0 Å². The predicted octanol–water partition coefficient (Wildman–Crippen LogP) is 7.48. The number of aromatic hydroxyl groups is 1. The van der Waals surface area contributed by atoms with Crippen molar-refractivity contribution in [3.63, 3.8) is 0 Å². The number of rotatable bonds is 10. The van der Waals surface area contributed by atoms with Gasteiger partial charge in [-0.3, -0.25) is 4.79 Å². The number of benzene rings is 3. The number of ether oxygens (including phenoxy) is 2. The molecule has 7 heteroatoms. The van der Waals surface area contributed by atoms with Crippen LogP contribution >= 0.6 is 0 Å². The van der Waals surface area contributed by atoms with Gasteiger partial charge in [0.25, 0.3) is 0 Å². The average molecular weight is 552 g/mol. The highest BCUT2D eigenvalue weighted by molar-refractivity contribution is 5.71. The maximum atomic E-state index is 12.1. The lowest BCUT2D eigenvalue weighted by Gasteiger charge is -2.20. The summed E-state index contributed by atoms with van der Waals surface area (Å²) in [6, 6.07) is 21.0. The molecule has 1 aliphatic rings. The van der Waals surface area contributed by atoms with E-state index in [-0.39, 0.29) is 24.9 Å². The van der Waals surface area contributed by atoms with E-state index < -0.39 is 0 Å². The lowest BCUT2D eigenvalue weighted by Crippen LogP contribution is -2.14. The van der Waals surface area contributed by atoms with Gasteiger partial charge in [-0.15, -0.1) is 0 Å². The molecule has 4 aromatic rings. The number of aryl methyl sites for hydroxylation is 2. The number of hydrogen-bond donors (Lipinski definition) is 1. The number of hydrogen-bond acceptors (Lipinski definition) is 7. The maximum absolute atomic E-state index is 12.1. The molecule has 0 unspecified atom stereocenters. The second kappa shape index (κ2) is 13.4. The first-order chi connectivity index (χ1) is 19.9. The Hall–Kier alpha value is -4.26. The Bertz CT molecular complexity index is 1400. The van der Waals surface area contributed by atoms with Gasteiger partial charge in [-0.25, -0.2) is 15.0 Å². The van der Waals surface area contributed by atoms with Crippen molar-refractivity contribution >= 4 is 5.97 Å². The van der Waals surface area contributed by atoms with Crippen LogP contribution in [-0.2, 0) is 9.53 Å². The molecule has 7 nitrogen and oxygen atoms in total. The molecule has 3 aromatic carbocycles. The minimum atomic E-state index is -0.180. The minimum absolute atomic E-state index is 0.0112. The summed E-state index contributed by atoms with van der Waals surface area (Å²) < 4.78 is 11.1. The highest BCUT2D eigenvalue weighted by atomic mass is 16.6. The van der Waals surface area contributed by atoms with Gasteiger partial charge in [0.1, 0.15) is 24.7 Å². The second-order valence-corrected chi connectivity index (χ2v) is 10.8. The van der Waals surface area contributed by atoms with E-state index in [0.717, 1.165) is 28.7 Å². The van der Waals surface area contributed by atoms with Crippen molar-refractivity contribution in [2.45, 2.75) is 58.8 Å². The van der Waals surface area contributed by atoms with Crippen LogP contribution in [0.5, 0.6) is 11.5 Å². The molecule has 0 saturated heterocycles. The van der Waals surface area contributed by atoms with Crippen LogP contribution in [0.4, 0.5) is 0 Å². The number of esters is 1. The molecule has 5 rings (SSSR count). The van der Waals surface area contributed by atoms with Gasteiger partial charge in [-0.2, -0.15) is 0 Å². The average Bonchev–Trinajstić information content (AvgIpc) is 2.99. The highest BCUT2D eigenvalue weighted by Crippen LogP contribution is 2.33. The summed E-state index contributed by atoms with van der Waals surface area (Å²) in [6.07, 6.45) is 7.67. The summed E-state index contributed by atoms with van der Waals surface area (Å²) in [5.74, 6) is 2.34. The van der Waals surface area contributed by atoms with Gasteiger partial charge < -0.3 is 14.6 Å². The Morgan fingerprint density at radius 1 is 0.780 bits per heavy atom. The van der Waals surface area contributed by atoms with Gasteiger partial charge in [0.2, 0.25) is 0 Å². The van der Waals surface area contributed by atoms with Crippen molar-refractivity contribution in [3.8, 4) is 45.7 Å². The number of carbonyl (C=O) groups is 1. The number of nitrogens with zero attached hydrogens (tertiary/aromatic N) is 3. The zero-order chi connectivity index (χ0) is 28.6. The number of phenolic OH excluding ortho intramolecular Hbond substituents is 1. The summed E-state index contributed by atoms with van der Waals surface area (Å²) in [5, 5.41) is 10.9. The van der Waals surface area contributed by atoms with E-state index in [1.807, 2.05) is 62.4 Å². The largest absolute Gasteiger partial charge is 0.507 e. The molecule has 0 radical (unpaired) electrons. The highest BCUT2D eigenvalue weighted by Gasteiger charge is 2.17. The first-order valence-electron chi connectivity index (χ1n) is 14.5. The smallest absolute Gasteiger partial charge is 0.305 e. The van der Waals surface area contributed by atoms with Gasteiger partial charge in [0.05, 0.1) is 5.56 Å². The number of carbonyl (C=O) groups excluding carboxylic acids is 1. The lowest BCUT2D eigenvalue weighted by atomic mass is 9.86. The Morgan fingerprint density at radius 2 is 1.37 bits per heavy atom. The summed E-state index contributed by atoms with van der Waals surface area (Å²) in [6.45, 7) is 4.43. The molecule has 1 aliphatic carbocycles. The van der Waals surface area contributed by atoms with E-state index in [0.29, 0.717) is 41.1 Å². The van der Waals surface area contributed by atoms with Crippen molar-refractivity contribution in [2.75, 3.05) is 13.2 Å². The monoisotopic (exact) mass is 551 g/mol. The number of phenols is 1. The Labute approximate surface area is 241 Å². The van der Waals surface area contributed by atoms with E-state index in [1.54, 1.807) is 12.1 Å². The Balaban J connectivity index is 1.26. The Morgan fingerprint density at radius 3 is 1.95 bits per heavy atom. The first-order valence-corrected chi connectivity index (χ1v) is 14.5. The lowest BCUT2D eigenvalue weighted by molar-refractivity contribution is -0.144. The maximum Gasteiger partial charge on any atom is 0.305 e. The van der Waals surface area contributed by atoms with Crippen LogP contribution in [0.25, 0.3) is 34.2 Å². The molecule has 41 heavy (non-hydrogen) atoms. The van der Waals surface area contributed by atoms with Crippen LogP contribution in [0.3, 0.4) is 0 Å². The van der Waals surface area contributed by atoms with Gasteiger partial charge in [-0.1, -0.05) is 91.8 Å². The second-order valence-electron chi connectivity index (χ2n) is 10.8. The van der Waals surface area contributed by atoms with Crippen molar-refractivity contribution in [3.05, 3.63) is 77.9 Å². The molecule has 1 heterocycles. The molecular formula is C34H37N3O4. The summed E-state index contributed by atoms with van der Waals surface area (Å²) in [7, 11) is 0. The van der Waals surface area contributed by atoms with Gasteiger partial charge >= 0.3 is 5.97 Å². The molecule has 212 valence electrons. The molecular weight excluding hydrogens is 514 g/mol. The van der Waals surface area contributed by atoms with Crippen LogP contribution in [0.15, 0.2) is 66.7 Å². The molecule has 0 bridgehead atoms. The van der Waals surface area contributed by atoms with Gasteiger partial charge in [-0.05, 0) is 38.3 Å². The Kier molecular flexibility index (Phi) is 9.24. The van der Waals surface area contributed by atoms with E-state index in [4.69, 9.17) is 24.4 Å². The van der Waals surface area contributed by atoms with Crippen molar-refractivity contribution < 1.29 is 19.4 Å². The molecule has 1 aromatic heterocycles. The molecule has 0 atom stereocenters. The first kappa shape index (κ1) is 28.3. The molecule has 0 aliphatic heterocycles.